The number of likely N-dealkylation sites (tertiary alicyclic amines) is 2. The molecule has 0 aliphatic carbocycles. The first-order chi connectivity index (χ1) is 15.2. The first-order valence-electron chi connectivity index (χ1n) is 10.7. The third kappa shape index (κ3) is 3.66. The Morgan fingerprint density at radius 3 is 2.74 bits per heavy atom. The van der Waals surface area contributed by atoms with Crippen molar-refractivity contribution in [1.29, 1.82) is 0 Å². The Morgan fingerprint density at radius 2 is 2.00 bits per heavy atom. The number of pyridine rings is 1. The van der Waals surface area contributed by atoms with Gasteiger partial charge in [0.25, 0.3) is 0 Å². The third-order valence-corrected chi connectivity index (χ3v) is 6.58. The molecule has 8 heteroatoms. The summed E-state index contributed by atoms with van der Waals surface area (Å²) in [5, 5.41) is 0. The van der Waals surface area contributed by atoms with Crippen LogP contribution in [0.2, 0.25) is 0 Å². The second kappa shape index (κ2) is 8.28. The number of hydrogen-bond acceptors (Lipinski definition) is 6. The molecule has 31 heavy (non-hydrogen) atoms. The molecule has 0 bridgehead atoms. The maximum atomic E-state index is 12.9. The van der Waals surface area contributed by atoms with Gasteiger partial charge < -0.3 is 14.1 Å². The highest BCUT2D eigenvalue weighted by atomic mass is 16.5. The van der Waals surface area contributed by atoms with Gasteiger partial charge in [-0.25, -0.2) is 4.79 Å². The molecule has 0 saturated carbocycles. The van der Waals surface area contributed by atoms with E-state index in [1.54, 1.807) is 25.4 Å². The van der Waals surface area contributed by atoms with Gasteiger partial charge in [-0.3, -0.25) is 19.2 Å². The number of hydrogen-bond donors (Lipinski definition) is 0. The minimum absolute atomic E-state index is 0.00822. The molecule has 0 spiro atoms. The number of ether oxygens (including phenoxy) is 1. The summed E-state index contributed by atoms with van der Waals surface area (Å²) in [5.41, 5.74) is 2.33. The Kier molecular flexibility index (Phi) is 5.33. The molecule has 3 aromatic rings. The van der Waals surface area contributed by atoms with Crippen molar-refractivity contribution in [1.82, 2.24) is 19.4 Å². The lowest BCUT2D eigenvalue weighted by molar-refractivity contribution is -0.138. The monoisotopic (exact) mass is 422 g/mol. The summed E-state index contributed by atoms with van der Waals surface area (Å²) in [6.07, 6.45) is 5.67. The second-order valence-electron chi connectivity index (χ2n) is 8.24. The first kappa shape index (κ1) is 20.0. The molecule has 2 aliphatic heterocycles. The molecule has 5 rings (SSSR count). The Balaban J connectivity index is 1.23. The number of amides is 1. The molecule has 162 valence electrons. The number of piperidine rings is 1. The average molecular weight is 422 g/mol. The van der Waals surface area contributed by atoms with Gasteiger partial charge in [0.05, 0.1) is 17.7 Å². The van der Waals surface area contributed by atoms with Crippen LogP contribution in [0.25, 0.3) is 11.1 Å². The Labute approximate surface area is 180 Å². The topological polar surface area (TPSA) is 80.8 Å². The molecule has 2 saturated heterocycles. The summed E-state index contributed by atoms with van der Waals surface area (Å²) >= 11 is 0. The molecule has 0 N–H and O–H groups in total. The summed E-state index contributed by atoms with van der Waals surface area (Å²) in [7, 11) is 1.76. The number of fused-ring (bicyclic) bond motifs is 1. The highest BCUT2D eigenvalue weighted by Gasteiger charge is 2.44. The van der Waals surface area contributed by atoms with E-state index < -0.39 is 5.76 Å². The first-order valence-corrected chi connectivity index (χ1v) is 10.7. The van der Waals surface area contributed by atoms with Crippen LogP contribution in [-0.2, 0) is 16.1 Å². The van der Waals surface area contributed by atoms with Crippen LogP contribution in [0.1, 0.15) is 24.4 Å². The minimum atomic E-state index is -0.491. The van der Waals surface area contributed by atoms with Gasteiger partial charge >= 0.3 is 5.76 Å². The average Bonchev–Trinajstić information content (AvgIpc) is 3.09. The fourth-order valence-corrected chi connectivity index (χ4v) is 4.88. The summed E-state index contributed by atoms with van der Waals surface area (Å²) < 4.78 is 12.3. The van der Waals surface area contributed by atoms with Gasteiger partial charge in [0.1, 0.15) is 6.54 Å². The van der Waals surface area contributed by atoms with Crippen LogP contribution < -0.4 is 5.76 Å². The molecule has 4 heterocycles. The van der Waals surface area contributed by atoms with Crippen molar-refractivity contribution in [3.63, 3.8) is 0 Å². The predicted octanol–water partition coefficient (Wildman–Crippen LogP) is 2.05. The van der Waals surface area contributed by atoms with Gasteiger partial charge in [0.15, 0.2) is 5.58 Å². The lowest BCUT2D eigenvalue weighted by atomic mass is 9.87. The lowest BCUT2D eigenvalue weighted by Crippen LogP contribution is -2.60. The molecule has 2 aromatic heterocycles. The number of methoxy groups -OCH3 is 1. The van der Waals surface area contributed by atoms with E-state index in [4.69, 9.17) is 9.15 Å². The van der Waals surface area contributed by atoms with Gasteiger partial charge in [-0.1, -0.05) is 18.2 Å². The number of carbonyl (C=O) groups excluding carboxylic acids is 1. The van der Waals surface area contributed by atoms with Gasteiger partial charge in [0.2, 0.25) is 5.91 Å². The van der Waals surface area contributed by atoms with Gasteiger partial charge in [-0.05, 0) is 36.6 Å². The van der Waals surface area contributed by atoms with Crippen molar-refractivity contribution in [3.8, 4) is 0 Å². The maximum Gasteiger partial charge on any atom is 0.420 e. The third-order valence-electron chi connectivity index (χ3n) is 6.58. The van der Waals surface area contributed by atoms with Gasteiger partial charge in [0, 0.05) is 45.2 Å². The highest BCUT2D eigenvalue weighted by Crippen LogP contribution is 2.39. The minimum Gasteiger partial charge on any atom is -0.408 e. The number of benzene rings is 1. The Bertz CT molecular complexity index is 1120. The van der Waals surface area contributed by atoms with Crippen LogP contribution in [0, 0.1) is 0 Å². The van der Waals surface area contributed by atoms with E-state index in [0.29, 0.717) is 30.2 Å². The summed E-state index contributed by atoms with van der Waals surface area (Å²) in [6, 6.07) is 11.9. The number of oxazole rings is 1. The van der Waals surface area contributed by atoms with Crippen molar-refractivity contribution < 1.29 is 13.9 Å². The molecule has 1 aromatic carbocycles. The molecule has 0 radical (unpaired) electrons. The molecule has 2 aliphatic rings. The Hall–Kier alpha value is -2.97. The van der Waals surface area contributed by atoms with E-state index >= 15 is 0 Å². The standard InChI is InChI=1S/C23H26N4O4/c1-30-20-14-26(22(20)16-5-4-10-24-13-16)17-8-11-25(12-9-17)21(28)15-27-18-6-2-3-7-19(18)31-23(27)29/h2-7,10,13,17,20,22H,8-9,11-12,14-15H2,1H3/t20-,22-/m0/s1. The molecule has 2 fully saturated rings. The fourth-order valence-electron chi connectivity index (χ4n) is 4.88. The van der Waals surface area contributed by atoms with Crippen LogP contribution in [-0.4, -0.2) is 64.1 Å². The fraction of sp³-hybridized carbons (Fsp3) is 0.435. The number of para-hydroxylation sites is 2. The van der Waals surface area contributed by atoms with E-state index in [2.05, 4.69) is 16.0 Å². The van der Waals surface area contributed by atoms with Crippen molar-refractivity contribution >= 4 is 17.0 Å². The predicted molar refractivity (Wildman–Crippen MR) is 115 cm³/mol. The molecule has 2 atom stereocenters. The van der Waals surface area contributed by atoms with Crippen LogP contribution in [0.3, 0.4) is 0 Å². The summed E-state index contributed by atoms with van der Waals surface area (Å²) in [6.45, 7) is 2.27. The van der Waals surface area contributed by atoms with Crippen molar-refractivity contribution in [2.45, 2.75) is 37.6 Å². The number of carbonyl (C=O) groups is 1. The highest BCUT2D eigenvalue weighted by molar-refractivity contribution is 5.79. The lowest BCUT2D eigenvalue weighted by Gasteiger charge is -2.52. The zero-order valence-electron chi connectivity index (χ0n) is 17.5. The van der Waals surface area contributed by atoms with Gasteiger partial charge in [-0.15, -0.1) is 0 Å². The zero-order chi connectivity index (χ0) is 21.4. The molecule has 1 amide bonds. The van der Waals surface area contributed by atoms with Crippen LogP contribution in [0.15, 0.2) is 58.0 Å². The molecular formula is C23H26N4O4. The SMILES string of the molecule is CO[C@H]1CN(C2CCN(C(=O)Cn3c(=O)oc4ccccc43)CC2)[C@H]1c1cccnc1. The second-order valence-corrected chi connectivity index (χ2v) is 8.24. The van der Waals surface area contributed by atoms with Crippen LogP contribution in [0.5, 0.6) is 0 Å². The molecule has 0 unspecified atom stereocenters. The number of aromatic nitrogens is 2. The quantitative estimate of drug-likeness (QED) is 0.626. The normalized spacial score (nSPS) is 22.5. The molecule has 8 nitrogen and oxygen atoms in total. The van der Waals surface area contributed by atoms with E-state index in [0.717, 1.165) is 19.4 Å². The maximum absolute atomic E-state index is 12.9. The van der Waals surface area contributed by atoms with Crippen molar-refractivity contribution in [2.24, 2.45) is 0 Å². The smallest absolute Gasteiger partial charge is 0.408 e. The van der Waals surface area contributed by atoms with E-state index in [9.17, 15) is 9.59 Å². The van der Waals surface area contributed by atoms with E-state index in [-0.39, 0.29) is 24.6 Å². The van der Waals surface area contributed by atoms with Crippen molar-refractivity contribution in [3.05, 3.63) is 64.9 Å². The van der Waals surface area contributed by atoms with Crippen LogP contribution >= 0.6 is 0 Å². The number of rotatable bonds is 5. The number of nitrogens with zero attached hydrogens (tertiary/aromatic N) is 4. The van der Waals surface area contributed by atoms with E-state index in [1.807, 2.05) is 29.3 Å². The molecular weight excluding hydrogens is 396 g/mol. The summed E-state index contributed by atoms with van der Waals surface area (Å²) in [4.78, 5) is 33.7. The summed E-state index contributed by atoms with van der Waals surface area (Å²) in [5.74, 6) is -0.538. The largest absolute Gasteiger partial charge is 0.420 e. The Morgan fingerprint density at radius 1 is 1.19 bits per heavy atom. The van der Waals surface area contributed by atoms with Crippen molar-refractivity contribution in [2.75, 3.05) is 26.7 Å². The van der Waals surface area contributed by atoms with Gasteiger partial charge in [-0.2, -0.15) is 0 Å². The zero-order valence-corrected chi connectivity index (χ0v) is 17.5. The van der Waals surface area contributed by atoms with Crippen LogP contribution in [0.4, 0.5) is 0 Å². The van der Waals surface area contributed by atoms with E-state index in [1.165, 1.54) is 10.1 Å².